The van der Waals surface area contributed by atoms with Gasteiger partial charge in [0.15, 0.2) is 0 Å². The van der Waals surface area contributed by atoms with Crippen molar-refractivity contribution in [1.82, 2.24) is 19.9 Å². The molecule has 0 unspecified atom stereocenters. The van der Waals surface area contributed by atoms with Gasteiger partial charge in [-0.25, -0.2) is 9.97 Å². The van der Waals surface area contributed by atoms with Crippen molar-refractivity contribution in [1.29, 1.82) is 0 Å². The van der Waals surface area contributed by atoms with E-state index >= 15 is 0 Å². The molecule has 0 N–H and O–H groups in total. The molecule has 232 valence electrons. The van der Waals surface area contributed by atoms with Crippen LogP contribution in [0, 0.1) is 13.8 Å². The number of rotatable bonds is 3. The van der Waals surface area contributed by atoms with Crippen LogP contribution in [-0.4, -0.2) is 28.3 Å². The third-order valence-corrected chi connectivity index (χ3v) is 9.64. The predicted octanol–water partition coefficient (Wildman–Crippen LogP) is 8.16. The van der Waals surface area contributed by atoms with Crippen molar-refractivity contribution in [2.45, 2.75) is 52.7 Å². The van der Waals surface area contributed by atoms with E-state index in [2.05, 4.69) is 114 Å². The predicted molar refractivity (Wildman–Crippen MR) is 193 cm³/mol. The zero-order chi connectivity index (χ0) is 32.5. The van der Waals surface area contributed by atoms with Crippen LogP contribution < -0.4 is 15.4 Å². The van der Waals surface area contributed by atoms with Crippen molar-refractivity contribution in [2.24, 2.45) is 0 Å². The van der Waals surface area contributed by atoms with Crippen LogP contribution in [0.25, 0.3) is 68.6 Å². The van der Waals surface area contributed by atoms with E-state index in [1.807, 2.05) is 30.4 Å². The van der Waals surface area contributed by atoms with Crippen LogP contribution in [0.2, 0.25) is 0 Å². The minimum atomic E-state index is -0.670. The van der Waals surface area contributed by atoms with Crippen molar-refractivity contribution >= 4 is 59.0 Å². The molecule has 0 atom stereocenters. The van der Waals surface area contributed by atoms with Crippen LogP contribution in [0.15, 0.2) is 78.9 Å². The average Bonchev–Trinajstić information content (AvgIpc) is 3.86. The second-order valence-corrected chi connectivity index (χ2v) is 13.6. The van der Waals surface area contributed by atoms with Crippen LogP contribution in [0.3, 0.4) is 0 Å². The fraction of sp³-hybridized carbons (Fsp3) is 0.200. The van der Waals surface area contributed by atoms with Gasteiger partial charge in [0.2, 0.25) is 0 Å². The second-order valence-electron chi connectivity index (χ2n) is 13.6. The molecule has 3 aliphatic heterocycles. The van der Waals surface area contributed by atoms with E-state index in [-0.39, 0.29) is 19.5 Å². The normalized spacial score (nSPS) is 15.9. The molecule has 0 radical (unpaired) electrons. The Bertz CT molecular complexity index is 2120. The molecule has 6 nitrogen and oxygen atoms in total. The monoisotopic (exact) mass is 678 g/mol. The SMILES string of the molecule is Cc1ccc(-c2c3nc(cc4nc(c(-c5ccc(C)cc5)c5ccc([n-]5)c(B5OC(C)(C)C(C)(C)O5)c5ccc2[n-]5)C=C4)C=C3)cc1.[Zn+2]. The van der Waals surface area contributed by atoms with Gasteiger partial charge in [-0.05, 0) is 99.6 Å². The third kappa shape index (κ3) is 5.62. The summed E-state index contributed by atoms with van der Waals surface area (Å²) in [5.41, 5.74) is 12.6. The molecule has 6 heterocycles. The Morgan fingerprint density at radius 2 is 0.938 bits per heavy atom. The van der Waals surface area contributed by atoms with E-state index in [1.54, 1.807) is 0 Å². The van der Waals surface area contributed by atoms with Gasteiger partial charge >= 0.3 is 26.6 Å². The number of aromatic nitrogens is 4. The Kier molecular flexibility index (Phi) is 8.02. The van der Waals surface area contributed by atoms with Crippen molar-refractivity contribution in [3.63, 3.8) is 0 Å². The molecule has 8 heteroatoms. The molecule has 3 aromatic heterocycles. The maximum atomic E-state index is 6.66. The van der Waals surface area contributed by atoms with Gasteiger partial charge in [-0.3, -0.25) is 0 Å². The van der Waals surface area contributed by atoms with Crippen LogP contribution in [-0.2, 0) is 28.8 Å². The Morgan fingerprint density at radius 1 is 0.542 bits per heavy atom. The molecule has 0 spiro atoms. The standard InChI is InChI=1S/C40H35BN4O2.Zn/c1-24-7-11-26(12-8-24)36-30-17-15-28(42-30)23-29-16-18-31(43-29)37(27-13-9-25(2)10-14-27)33-20-22-35(45-33)38(34-21-19-32(36)44-34)41-46-39(3,4)40(5,6)47-41;/h7-23H,1-6H3;/q-2;+2. The summed E-state index contributed by atoms with van der Waals surface area (Å²) >= 11 is 0. The van der Waals surface area contributed by atoms with Gasteiger partial charge in [-0.2, -0.15) is 0 Å². The Balaban J connectivity index is 0.00000364. The van der Waals surface area contributed by atoms with Crippen LogP contribution >= 0.6 is 0 Å². The second kappa shape index (κ2) is 12.0. The number of hydrogen-bond acceptors (Lipinski definition) is 4. The summed E-state index contributed by atoms with van der Waals surface area (Å²) in [6, 6.07) is 27.2. The van der Waals surface area contributed by atoms with Crippen molar-refractivity contribution < 1.29 is 28.8 Å². The number of benzene rings is 2. The molecule has 1 saturated heterocycles. The van der Waals surface area contributed by atoms with Crippen molar-refractivity contribution in [3.05, 3.63) is 113 Å². The van der Waals surface area contributed by atoms with E-state index in [1.165, 1.54) is 11.1 Å². The van der Waals surface area contributed by atoms with Crippen LogP contribution in [0.5, 0.6) is 0 Å². The van der Waals surface area contributed by atoms with E-state index in [4.69, 9.17) is 29.2 Å². The van der Waals surface area contributed by atoms with Gasteiger partial charge in [0.1, 0.15) is 0 Å². The van der Waals surface area contributed by atoms with E-state index in [9.17, 15) is 0 Å². The number of aryl methyl sites for hydroxylation is 2. The smallest absolute Gasteiger partial charge is 0.658 e. The van der Waals surface area contributed by atoms with Crippen LogP contribution in [0.1, 0.15) is 61.6 Å². The van der Waals surface area contributed by atoms with E-state index in [0.29, 0.717) is 0 Å². The van der Waals surface area contributed by atoms with Crippen LogP contribution in [0.4, 0.5) is 0 Å². The first-order valence-electron chi connectivity index (χ1n) is 16.1. The fourth-order valence-corrected chi connectivity index (χ4v) is 6.28. The first kappa shape index (κ1) is 32.2. The van der Waals surface area contributed by atoms with E-state index < -0.39 is 18.3 Å². The molecule has 8 rings (SSSR count). The van der Waals surface area contributed by atoms with Crippen molar-refractivity contribution in [2.75, 3.05) is 0 Å². The zero-order valence-corrected chi connectivity index (χ0v) is 31.2. The molecule has 0 aliphatic carbocycles. The molecular weight excluding hydrogens is 645 g/mol. The average molecular weight is 680 g/mol. The fourth-order valence-electron chi connectivity index (χ4n) is 6.28. The van der Waals surface area contributed by atoms with Gasteiger partial charge in [0.05, 0.1) is 34.0 Å². The Labute approximate surface area is 294 Å². The molecule has 3 aliphatic rings. The van der Waals surface area contributed by atoms with E-state index in [0.717, 1.165) is 72.6 Å². The minimum absolute atomic E-state index is 0. The Hall–Kier alpha value is -4.35. The largest absolute Gasteiger partial charge is 2.00 e. The summed E-state index contributed by atoms with van der Waals surface area (Å²) in [6.07, 6.45) is 8.20. The first-order chi connectivity index (χ1) is 22.5. The van der Waals surface area contributed by atoms with Crippen molar-refractivity contribution in [3.8, 4) is 22.3 Å². The number of hydrogen-bond donors (Lipinski definition) is 0. The minimum Gasteiger partial charge on any atom is -0.658 e. The molecular formula is C40H35BN4O2Zn. The topological polar surface area (TPSA) is 72.4 Å². The summed E-state index contributed by atoms with van der Waals surface area (Å²) in [4.78, 5) is 20.7. The summed E-state index contributed by atoms with van der Waals surface area (Å²) in [5, 5.41) is 0. The summed E-state index contributed by atoms with van der Waals surface area (Å²) in [7, 11) is -0.670. The van der Waals surface area contributed by atoms with Gasteiger partial charge in [0.25, 0.3) is 0 Å². The molecule has 1 fully saturated rings. The molecule has 8 bridgehead atoms. The van der Waals surface area contributed by atoms with Gasteiger partial charge in [0, 0.05) is 0 Å². The molecule has 48 heavy (non-hydrogen) atoms. The summed E-state index contributed by atoms with van der Waals surface area (Å²) in [6.45, 7) is 12.5. The number of nitrogens with zero attached hydrogens (tertiary/aromatic N) is 4. The first-order valence-corrected chi connectivity index (χ1v) is 16.1. The maximum Gasteiger partial charge on any atom is 2.00 e. The molecule has 0 saturated carbocycles. The third-order valence-electron chi connectivity index (χ3n) is 9.64. The quantitative estimate of drug-likeness (QED) is 0.176. The summed E-state index contributed by atoms with van der Waals surface area (Å²) < 4.78 is 13.3. The van der Waals surface area contributed by atoms with Gasteiger partial charge < -0.3 is 19.3 Å². The zero-order valence-electron chi connectivity index (χ0n) is 28.2. The Morgan fingerprint density at radius 3 is 1.35 bits per heavy atom. The maximum absolute atomic E-state index is 6.66. The molecule has 2 aromatic carbocycles. The summed E-state index contributed by atoms with van der Waals surface area (Å²) in [5.74, 6) is 0. The molecule has 5 aromatic rings. The van der Waals surface area contributed by atoms with Gasteiger partial charge in [-0.1, -0.05) is 83.9 Å². The van der Waals surface area contributed by atoms with Gasteiger partial charge in [-0.15, -0.1) is 22.1 Å². The molecule has 0 amide bonds. The number of fused-ring (bicyclic) bond motifs is 8.